The number of likely N-dealkylation sites (tertiary alicyclic amines) is 1. The van der Waals surface area contributed by atoms with Gasteiger partial charge in [0.2, 0.25) is 0 Å². The first kappa shape index (κ1) is 33.4. The molecule has 0 bridgehead atoms. The van der Waals surface area contributed by atoms with Crippen LogP contribution in [0.1, 0.15) is 34.9 Å². The van der Waals surface area contributed by atoms with E-state index in [0.717, 1.165) is 80.5 Å². The van der Waals surface area contributed by atoms with Crippen molar-refractivity contribution in [3.05, 3.63) is 44.0 Å². The Labute approximate surface area is 239 Å². The van der Waals surface area contributed by atoms with Crippen molar-refractivity contribution in [2.45, 2.75) is 56.7 Å². The van der Waals surface area contributed by atoms with Crippen molar-refractivity contribution in [2.75, 3.05) is 39.9 Å². The quantitative estimate of drug-likeness (QED) is 0.475. The number of hydrogen-bond acceptors (Lipinski definition) is 9. The molecule has 1 fully saturated rings. The molecular formula is C24H29F6N5O6S. The van der Waals surface area contributed by atoms with Gasteiger partial charge in [-0.25, -0.2) is 19.6 Å². The van der Waals surface area contributed by atoms with Crippen LogP contribution in [0.3, 0.4) is 0 Å². The van der Waals surface area contributed by atoms with Gasteiger partial charge in [0.1, 0.15) is 10.8 Å². The number of carbonyl (C=O) groups is 2. The van der Waals surface area contributed by atoms with Gasteiger partial charge in [-0.05, 0) is 12.8 Å². The molecule has 0 aromatic carbocycles. The molecule has 42 heavy (non-hydrogen) atoms. The van der Waals surface area contributed by atoms with Crippen LogP contribution in [-0.2, 0) is 45.8 Å². The molecule has 1 spiro atoms. The number of aliphatic carboxylic acids is 2. The van der Waals surface area contributed by atoms with Crippen molar-refractivity contribution in [1.82, 2.24) is 24.3 Å². The molecule has 2 aromatic rings. The van der Waals surface area contributed by atoms with E-state index < -0.39 is 24.3 Å². The number of ether oxygens (including phenoxy) is 1. The first-order valence-electron chi connectivity index (χ1n) is 12.6. The molecule has 1 atom stereocenters. The summed E-state index contributed by atoms with van der Waals surface area (Å²) in [5, 5.41) is 17.4. The topological polar surface area (TPSA) is 138 Å². The van der Waals surface area contributed by atoms with Crippen LogP contribution in [0.5, 0.6) is 0 Å². The van der Waals surface area contributed by atoms with Gasteiger partial charge in [0.25, 0.3) is 5.56 Å². The highest BCUT2D eigenvalue weighted by molar-refractivity contribution is 7.09. The number of fused-ring (bicyclic) bond motifs is 3. The average molecular weight is 630 g/mol. The third-order valence-electron chi connectivity index (χ3n) is 7.02. The predicted octanol–water partition coefficient (Wildman–Crippen LogP) is 2.52. The summed E-state index contributed by atoms with van der Waals surface area (Å²) in [5.74, 6) is -4.51. The van der Waals surface area contributed by atoms with E-state index in [1.807, 2.05) is 11.6 Å². The molecule has 11 nitrogen and oxygen atoms in total. The Kier molecular flexibility index (Phi) is 10.7. The number of carboxylic acids is 2. The van der Waals surface area contributed by atoms with E-state index in [4.69, 9.17) is 29.5 Å². The summed E-state index contributed by atoms with van der Waals surface area (Å²) in [6.07, 6.45) is -4.46. The van der Waals surface area contributed by atoms with Gasteiger partial charge in [-0.15, -0.1) is 11.3 Å². The van der Waals surface area contributed by atoms with Crippen molar-refractivity contribution in [2.24, 2.45) is 0 Å². The molecule has 0 radical (unpaired) electrons. The lowest BCUT2D eigenvalue weighted by Crippen LogP contribution is -2.45. The zero-order valence-electron chi connectivity index (χ0n) is 22.4. The molecule has 5 heterocycles. The maximum atomic E-state index is 13.5. The lowest BCUT2D eigenvalue weighted by Gasteiger charge is -2.31. The minimum Gasteiger partial charge on any atom is -0.475 e. The summed E-state index contributed by atoms with van der Waals surface area (Å²) in [6, 6.07) is 0. The molecule has 2 aromatic heterocycles. The second-order valence-electron chi connectivity index (χ2n) is 9.83. The minimum atomic E-state index is -5.08. The molecule has 3 aliphatic rings. The van der Waals surface area contributed by atoms with Gasteiger partial charge in [0.05, 0.1) is 29.9 Å². The fourth-order valence-corrected chi connectivity index (χ4v) is 5.75. The lowest BCUT2D eigenvalue weighted by molar-refractivity contribution is -0.193. The summed E-state index contributed by atoms with van der Waals surface area (Å²) >= 11 is 1.71. The number of thiazole rings is 1. The largest absolute Gasteiger partial charge is 0.490 e. The normalized spacial score (nSPS) is 20.3. The Morgan fingerprint density at radius 1 is 1.05 bits per heavy atom. The zero-order chi connectivity index (χ0) is 31.3. The van der Waals surface area contributed by atoms with Gasteiger partial charge in [-0.3, -0.25) is 19.2 Å². The number of hydrogen-bond donors (Lipinski definition) is 2. The first-order chi connectivity index (χ1) is 19.6. The number of alkyl halides is 6. The molecule has 0 amide bonds. The summed E-state index contributed by atoms with van der Waals surface area (Å²) in [4.78, 5) is 45.5. The van der Waals surface area contributed by atoms with Gasteiger partial charge in [-0.1, -0.05) is 0 Å². The molecular weight excluding hydrogens is 600 g/mol. The minimum absolute atomic E-state index is 0.0828. The maximum absolute atomic E-state index is 13.5. The summed E-state index contributed by atoms with van der Waals surface area (Å²) in [5.41, 5.74) is 2.06. The second-order valence-corrected chi connectivity index (χ2v) is 10.8. The Morgan fingerprint density at radius 2 is 1.69 bits per heavy atom. The lowest BCUT2D eigenvalue weighted by atomic mass is 9.95. The number of aromatic nitrogens is 3. The van der Waals surface area contributed by atoms with Crippen LogP contribution in [0.15, 0.2) is 16.4 Å². The fourth-order valence-electron chi connectivity index (χ4n) is 5.09. The summed E-state index contributed by atoms with van der Waals surface area (Å²) < 4.78 is 70.8. The van der Waals surface area contributed by atoms with Crippen LogP contribution in [0.2, 0.25) is 0 Å². The highest BCUT2D eigenvalue weighted by Gasteiger charge is 2.46. The molecule has 234 valence electrons. The van der Waals surface area contributed by atoms with Crippen LogP contribution < -0.4 is 5.56 Å². The number of methoxy groups -OCH3 is 1. The van der Waals surface area contributed by atoms with E-state index in [1.165, 1.54) is 0 Å². The van der Waals surface area contributed by atoms with Crippen molar-refractivity contribution in [3.63, 3.8) is 0 Å². The van der Waals surface area contributed by atoms with Crippen molar-refractivity contribution >= 4 is 23.3 Å². The first-order valence-corrected chi connectivity index (χ1v) is 13.5. The van der Waals surface area contributed by atoms with Crippen LogP contribution in [0.4, 0.5) is 26.3 Å². The maximum Gasteiger partial charge on any atom is 0.490 e. The Balaban J connectivity index is 0.000000289. The van der Waals surface area contributed by atoms with E-state index in [9.17, 15) is 31.1 Å². The number of aryl methyl sites for hydroxylation is 1. The smallest absolute Gasteiger partial charge is 0.475 e. The number of halogens is 6. The third-order valence-corrected chi connectivity index (χ3v) is 7.78. The zero-order valence-corrected chi connectivity index (χ0v) is 23.2. The van der Waals surface area contributed by atoms with E-state index >= 15 is 0 Å². The molecule has 0 aliphatic carbocycles. The molecule has 1 unspecified atom stereocenters. The standard InChI is InChI=1S/C20H27N5O2S.2C2HF3O2/c1-27-10-9-23-7-3-16-15(12-23)19(26)25-17(22-16)2-4-20(25)5-8-24(14-20)13-18-21-6-11-28-18;2*3-2(4,5)1(6)7/h6,11H,2-5,7-10,12-14H2,1H3;2*(H,6,7). The van der Waals surface area contributed by atoms with E-state index in [-0.39, 0.29) is 11.1 Å². The fraction of sp³-hybridized carbons (Fsp3) is 0.625. The van der Waals surface area contributed by atoms with Crippen LogP contribution >= 0.6 is 11.3 Å². The number of carboxylic acid groups (broad SMARTS) is 2. The molecule has 0 saturated carbocycles. The third kappa shape index (κ3) is 8.26. The van der Waals surface area contributed by atoms with Gasteiger partial charge in [0, 0.05) is 64.3 Å². The van der Waals surface area contributed by atoms with Crippen LogP contribution in [-0.4, -0.2) is 98.7 Å². The van der Waals surface area contributed by atoms with Crippen molar-refractivity contribution < 1.29 is 50.9 Å². The van der Waals surface area contributed by atoms with Crippen LogP contribution in [0, 0.1) is 0 Å². The SMILES string of the molecule is COCCN1CCc2nc3n(c(=O)c2C1)C1(CC3)CCN(Cc2nccs2)C1.O=C(O)C(F)(F)F.O=C(O)C(F)(F)F. The highest BCUT2D eigenvalue weighted by atomic mass is 32.1. The Bertz CT molecular complexity index is 1280. The van der Waals surface area contributed by atoms with Gasteiger partial charge in [0.15, 0.2) is 0 Å². The van der Waals surface area contributed by atoms with E-state index in [2.05, 4.69) is 19.4 Å². The predicted molar refractivity (Wildman–Crippen MR) is 135 cm³/mol. The molecule has 2 N–H and O–H groups in total. The van der Waals surface area contributed by atoms with Gasteiger partial charge >= 0.3 is 24.3 Å². The van der Waals surface area contributed by atoms with Crippen molar-refractivity contribution in [1.29, 1.82) is 0 Å². The van der Waals surface area contributed by atoms with Crippen LogP contribution in [0.25, 0.3) is 0 Å². The van der Waals surface area contributed by atoms with E-state index in [0.29, 0.717) is 13.2 Å². The number of nitrogens with zero attached hydrogens (tertiary/aromatic N) is 5. The average Bonchev–Trinajstić information content (AvgIpc) is 3.64. The molecule has 18 heteroatoms. The van der Waals surface area contributed by atoms with Gasteiger partial charge < -0.3 is 14.9 Å². The van der Waals surface area contributed by atoms with Gasteiger partial charge in [-0.2, -0.15) is 26.3 Å². The van der Waals surface area contributed by atoms with E-state index in [1.54, 1.807) is 18.4 Å². The monoisotopic (exact) mass is 629 g/mol. The molecule has 5 rings (SSSR count). The molecule has 3 aliphatic heterocycles. The van der Waals surface area contributed by atoms with Crippen molar-refractivity contribution in [3.8, 4) is 0 Å². The highest BCUT2D eigenvalue weighted by Crippen LogP contribution is 2.39. The Morgan fingerprint density at radius 3 is 2.24 bits per heavy atom. The summed E-state index contributed by atoms with van der Waals surface area (Å²) in [6.45, 7) is 6.04. The summed E-state index contributed by atoms with van der Waals surface area (Å²) in [7, 11) is 1.72. The molecule has 1 saturated heterocycles. The second kappa shape index (κ2) is 13.5. The number of rotatable bonds is 5. The Hall–Kier alpha value is -3.09.